The van der Waals surface area contributed by atoms with Gasteiger partial charge in [0.1, 0.15) is 23.2 Å². The van der Waals surface area contributed by atoms with E-state index in [1.807, 2.05) is 77.1 Å². The Morgan fingerprint density at radius 3 is 2.53 bits per heavy atom. The van der Waals surface area contributed by atoms with Crippen molar-refractivity contribution in [3.63, 3.8) is 0 Å². The predicted molar refractivity (Wildman–Crippen MR) is 142 cm³/mol. The van der Waals surface area contributed by atoms with Crippen molar-refractivity contribution in [2.45, 2.75) is 70.7 Å². The number of anilines is 1. The van der Waals surface area contributed by atoms with Gasteiger partial charge in [0, 0.05) is 12.2 Å². The van der Waals surface area contributed by atoms with Crippen LogP contribution in [-0.4, -0.2) is 70.8 Å². The van der Waals surface area contributed by atoms with Gasteiger partial charge in [0.25, 0.3) is 5.91 Å². The van der Waals surface area contributed by atoms with Crippen molar-refractivity contribution >= 4 is 23.5 Å². The van der Waals surface area contributed by atoms with Crippen molar-refractivity contribution in [1.82, 2.24) is 4.90 Å². The van der Waals surface area contributed by atoms with Crippen LogP contribution in [-0.2, 0) is 23.9 Å². The van der Waals surface area contributed by atoms with Gasteiger partial charge >= 0.3 is 5.97 Å². The molecule has 2 amide bonds. The lowest BCUT2D eigenvalue weighted by molar-refractivity contribution is -0.162. The molecule has 1 spiro atoms. The topological polar surface area (TPSA) is 96.4 Å². The highest BCUT2D eigenvalue weighted by molar-refractivity contribution is 6.06. The third-order valence-electron chi connectivity index (χ3n) is 8.81. The fraction of sp³-hybridized carbons (Fsp3) is 0.567. The highest BCUT2D eigenvalue weighted by Crippen LogP contribution is 2.59. The number of rotatable bonds is 5. The van der Waals surface area contributed by atoms with Gasteiger partial charge in [-0.25, -0.2) is 0 Å². The Morgan fingerprint density at radius 1 is 1.08 bits per heavy atom. The first-order valence-corrected chi connectivity index (χ1v) is 13.7. The van der Waals surface area contributed by atoms with E-state index in [0.717, 1.165) is 16.8 Å². The number of hydrogen-bond donors (Lipinski definition) is 1. The molecular formula is C30H38N2O6. The number of aliphatic hydroxyl groups excluding tert-OH is 1. The molecule has 0 saturated carbocycles. The zero-order valence-electron chi connectivity index (χ0n) is 22.8. The van der Waals surface area contributed by atoms with Crippen LogP contribution in [0.2, 0.25) is 0 Å². The van der Waals surface area contributed by atoms with Gasteiger partial charge in [-0.1, -0.05) is 57.2 Å². The van der Waals surface area contributed by atoms with Crippen molar-refractivity contribution in [3.05, 3.63) is 53.6 Å². The summed E-state index contributed by atoms with van der Waals surface area (Å²) >= 11 is 0. The molecule has 2 fully saturated rings. The third-order valence-corrected chi connectivity index (χ3v) is 8.81. The lowest BCUT2D eigenvalue weighted by atomic mass is 9.73. The van der Waals surface area contributed by atoms with Crippen LogP contribution in [0.25, 0.3) is 0 Å². The second kappa shape index (κ2) is 9.65. The number of benzene rings is 1. The zero-order chi connectivity index (χ0) is 27.4. The highest BCUT2D eigenvalue weighted by Gasteiger charge is 2.76. The quantitative estimate of drug-likeness (QED) is 0.472. The third kappa shape index (κ3) is 3.75. The van der Waals surface area contributed by atoms with E-state index in [-0.39, 0.29) is 30.9 Å². The first kappa shape index (κ1) is 26.6. The molecule has 4 aliphatic rings. The Morgan fingerprint density at radius 2 is 1.84 bits per heavy atom. The largest absolute Gasteiger partial charge is 0.465 e. The maximum absolute atomic E-state index is 14.6. The molecule has 1 aromatic rings. The van der Waals surface area contributed by atoms with Crippen LogP contribution in [0.5, 0.6) is 0 Å². The molecule has 1 unspecified atom stereocenters. The van der Waals surface area contributed by atoms with Crippen LogP contribution in [0.3, 0.4) is 0 Å². The summed E-state index contributed by atoms with van der Waals surface area (Å²) in [5.74, 6) is -3.09. The summed E-state index contributed by atoms with van der Waals surface area (Å²) in [5, 5.41) is 10.4. The second-order valence-electron chi connectivity index (χ2n) is 11.4. The number of hydrogen-bond acceptors (Lipinski definition) is 6. The molecule has 204 valence electrons. The molecule has 6 atom stereocenters. The molecule has 2 saturated heterocycles. The van der Waals surface area contributed by atoms with Crippen molar-refractivity contribution in [2.24, 2.45) is 17.8 Å². The van der Waals surface area contributed by atoms with Crippen LogP contribution in [0, 0.1) is 31.6 Å². The van der Waals surface area contributed by atoms with Crippen LogP contribution < -0.4 is 4.90 Å². The molecular weight excluding hydrogens is 484 g/mol. The minimum atomic E-state index is -1.38. The smallest absolute Gasteiger partial charge is 0.313 e. The number of carbonyl (C=O) groups is 3. The number of likely N-dealkylation sites (tertiary alicyclic amines) is 1. The van der Waals surface area contributed by atoms with E-state index in [2.05, 4.69) is 0 Å². The van der Waals surface area contributed by atoms with Crippen molar-refractivity contribution in [1.29, 1.82) is 0 Å². The Labute approximate surface area is 224 Å². The summed E-state index contributed by atoms with van der Waals surface area (Å²) in [5.41, 5.74) is 0.271. The van der Waals surface area contributed by atoms with Gasteiger partial charge in [0.05, 0.1) is 25.2 Å². The summed E-state index contributed by atoms with van der Waals surface area (Å²) in [4.78, 5) is 45.8. The fourth-order valence-corrected chi connectivity index (χ4v) is 6.87. The highest BCUT2D eigenvalue weighted by atomic mass is 16.6. The molecule has 8 heteroatoms. The van der Waals surface area contributed by atoms with E-state index in [1.54, 1.807) is 4.90 Å². The molecule has 38 heavy (non-hydrogen) atoms. The van der Waals surface area contributed by atoms with Gasteiger partial charge < -0.3 is 24.4 Å². The number of esters is 1. The standard InChI is InChI=1S/C30H38N2O6/c1-6-29-12-7-8-15-37-28(36)24(29)23-26(34)32(22(17-33)18(2)3)25-27(35)31(14-9-13-30(23,25)38-29)21-16-19(4)10-11-20(21)5/h7,9-13,16,18,22-25,33H,6,8,14-15,17H2,1-5H3/t22-,23-,24+,25?,29-,30-/m0/s1. The fourth-order valence-electron chi connectivity index (χ4n) is 6.87. The molecule has 8 nitrogen and oxygen atoms in total. The van der Waals surface area contributed by atoms with E-state index in [9.17, 15) is 19.5 Å². The summed E-state index contributed by atoms with van der Waals surface area (Å²) in [7, 11) is 0. The SMILES string of the molecule is CC[C@]12C=CCCOC(=O)[C@H]1[C@H]1C(=O)N([C@@H](CO)C(C)C)C3C(=O)N(c4cc(C)ccc4C)CC=C[C@@]31O2. The lowest BCUT2D eigenvalue weighted by Crippen LogP contribution is -2.60. The number of amides is 2. The van der Waals surface area contributed by atoms with Crippen LogP contribution in [0.15, 0.2) is 42.5 Å². The second-order valence-corrected chi connectivity index (χ2v) is 11.4. The summed E-state index contributed by atoms with van der Waals surface area (Å²) in [6, 6.07) is 4.29. The molecule has 4 aliphatic heterocycles. The van der Waals surface area contributed by atoms with Gasteiger partial charge in [0.2, 0.25) is 5.91 Å². The molecule has 0 aromatic heterocycles. The van der Waals surface area contributed by atoms with Crippen molar-refractivity contribution < 1.29 is 29.0 Å². The normalized spacial score (nSPS) is 33.4. The van der Waals surface area contributed by atoms with Gasteiger partial charge in [-0.15, -0.1) is 0 Å². The van der Waals surface area contributed by atoms with E-state index in [0.29, 0.717) is 19.4 Å². The Bertz CT molecular complexity index is 1210. The monoisotopic (exact) mass is 522 g/mol. The predicted octanol–water partition coefficient (Wildman–Crippen LogP) is 3.09. The summed E-state index contributed by atoms with van der Waals surface area (Å²) < 4.78 is 12.5. The van der Waals surface area contributed by atoms with Crippen molar-refractivity contribution in [3.8, 4) is 0 Å². The first-order valence-electron chi connectivity index (χ1n) is 13.7. The van der Waals surface area contributed by atoms with Crippen LogP contribution in [0.1, 0.15) is 44.7 Å². The van der Waals surface area contributed by atoms with Gasteiger partial charge in [-0.05, 0) is 49.8 Å². The molecule has 0 radical (unpaired) electrons. The zero-order valence-corrected chi connectivity index (χ0v) is 22.8. The van der Waals surface area contributed by atoms with Gasteiger partial charge in [-0.2, -0.15) is 0 Å². The van der Waals surface area contributed by atoms with Gasteiger partial charge in [-0.3, -0.25) is 14.4 Å². The Hall–Kier alpha value is -2.97. The van der Waals surface area contributed by atoms with Crippen LogP contribution in [0.4, 0.5) is 5.69 Å². The molecule has 4 heterocycles. The molecule has 0 bridgehead atoms. The van der Waals surface area contributed by atoms with Gasteiger partial charge in [0.15, 0.2) is 0 Å². The maximum atomic E-state index is 14.6. The van der Waals surface area contributed by atoms with E-state index < -0.39 is 41.1 Å². The molecule has 1 N–H and O–H groups in total. The van der Waals surface area contributed by atoms with Crippen molar-refractivity contribution in [2.75, 3.05) is 24.7 Å². The minimum absolute atomic E-state index is 0.130. The summed E-state index contributed by atoms with van der Waals surface area (Å²) in [6.07, 6.45) is 8.55. The first-order chi connectivity index (χ1) is 18.1. The Balaban J connectivity index is 1.73. The van der Waals surface area contributed by atoms with E-state index >= 15 is 0 Å². The minimum Gasteiger partial charge on any atom is -0.465 e. The number of aliphatic hydroxyl groups is 1. The molecule has 0 aliphatic carbocycles. The average Bonchev–Trinajstić information content (AvgIpc) is 3.22. The lowest BCUT2D eigenvalue weighted by Gasteiger charge is -2.42. The molecule has 1 aromatic carbocycles. The number of aryl methyl sites for hydroxylation is 2. The number of ether oxygens (including phenoxy) is 2. The number of fused-ring (bicyclic) bond motifs is 2. The number of nitrogens with zero attached hydrogens (tertiary/aromatic N) is 2. The Kier molecular flexibility index (Phi) is 6.76. The summed E-state index contributed by atoms with van der Waals surface area (Å²) in [6.45, 7) is 9.91. The maximum Gasteiger partial charge on any atom is 0.313 e. The molecule has 5 rings (SSSR count). The average molecular weight is 523 g/mol. The van der Waals surface area contributed by atoms with E-state index in [4.69, 9.17) is 9.47 Å². The van der Waals surface area contributed by atoms with Crippen LogP contribution >= 0.6 is 0 Å². The number of carbonyl (C=O) groups excluding carboxylic acids is 3. The number of cyclic esters (lactones) is 1. The van der Waals surface area contributed by atoms with E-state index in [1.165, 1.54) is 4.90 Å².